The minimum atomic E-state index is -1.61. The van der Waals surface area contributed by atoms with Gasteiger partial charge in [0.1, 0.15) is 23.4 Å². The zero-order valence-corrected chi connectivity index (χ0v) is 21.3. The molecule has 4 N–H and O–H groups in total. The van der Waals surface area contributed by atoms with Crippen molar-refractivity contribution in [3.63, 3.8) is 0 Å². The molecule has 0 radical (unpaired) electrons. The summed E-state index contributed by atoms with van der Waals surface area (Å²) in [5.41, 5.74) is -2.91. The van der Waals surface area contributed by atoms with Crippen LogP contribution in [0.5, 0.6) is 0 Å². The van der Waals surface area contributed by atoms with Crippen molar-refractivity contribution in [2.75, 3.05) is 13.2 Å². The smallest absolute Gasteiger partial charge is 0.195 e. The number of ketones is 2. The maximum atomic E-state index is 13.8. The molecule has 7 nitrogen and oxygen atoms in total. The highest BCUT2D eigenvalue weighted by Crippen LogP contribution is 2.52. The summed E-state index contributed by atoms with van der Waals surface area (Å²) in [5.74, 6) is -1.32. The van der Waals surface area contributed by atoms with Gasteiger partial charge in [-0.25, -0.2) is 0 Å². The first kappa shape index (κ1) is 28.4. The predicted molar refractivity (Wildman–Crippen MR) is 125 cm³/mol. The lowest BCUT2D eigenvalue weighted by Crippen LogP contribution is -2.67. The van der Waals surface area contributed by atoms with Crippen molar-refractivity contribution in [3.8, 4) is 0 Å². The van der Waals surface area contributed by atoms with Gasteiger partial charge in [-0.3, -0.25) is 9.59 Å². The number of aliphatic hydroxyl groups excluding tert-OH is 4. The number of hydrogen-bond donors (Lipinski definition) is 4. The Morgan fingerprint density at radius 3 is 1.36 bits per heavy atom. The average Bonchev–Trinajstić information content (AvgIpc) is 2.76. The van der Waals surface area contributed by atoms with E-state index in [1.165, 1.54) is 0 Å². The van der Waals surface area contributed by atoms with Gasteiger partial charge in [0.25, 0.3) is 0 Å². The molecule has 0 amide bonds. The van der Waals surface area contributed by atoms with Crippen molar-refractivity contribution in [2.45, 2.75) is 103 Å². The lowest BCUT2D eigenvalue weighted by Gasteiger charge is -2.56. The van der Waals surface area contributed by atoms with E-state index >= 15 is 0 Å². The Morgan fingerprint density at radius 2 is 1.09 bits per heavy atom. The topological polar surface area (TPSA) is 124 Å². The molecule has 8 atom stereocenters. The van der Waals surface area contributed by atoms with Crippen LogP contribution in [0.2, 0.25) is 0 Å². The van der Waals surface area contributed by atoms with Gasteiger partial charge in [-0.05, 0) is 61.2 Å². The molecule has 0 aromatic rings. The van der Waals surface area contributed by atoms with Crippen LogP contribution in [0.15, 0.2) is 0 Å². The van der Waals surface area contributed by atoms with Crippen molar-refractivity contribution in [1.29, 1.82) is 0 Å². The molecule has 0 aromatic carbocycles. The largest absolute Gasteiger partial charge is 0.393 e. The molecule has 2 saturated carbocycles. The summed E-state index contributed by atoms with van der Waals surface area (Å²) in [6, 6.07) is 0. The fourth-order valence-corrected chi connectivity index (χ4v) is 6.64. The predicted octanol–water partition coefficient (Wildman–Crippen LogP) is 2.51. The van der Waals surface area contributed by atoms with Gasteiger partial charge >= 0.3 is 0 Å². The van der Waals surface area contributed by atoms with Gasteiger partial charge in [-0.2, -0.15) is 0 Å². The number of carbonyl (C=O) groups is 2. The minimum absolute atomic E-state index is 0.0424. The van der Waals surface area contributed by atoms with E-state index in [1.54, 1.807) is 0 Å². The van der Waals surface area contributed by atoms with E-state index in [0.717, 1.165) is 12.8 Å². The Morgan fingerprint density at radius 1 is 0.758 bits per heavy atom. The van der Waals surface area contributed by atoms with E-state index in [0.29, 0.717) is 25.7 Å². The molecule has 2 aliphatic rings. The fourth-order valence-electron chi connectivity index (χ4n) is 6.64. The summed E-state index contributed by atoms with van der Waals surface area (Å²) in [4.78, 5) is 27.6. The van der Waals surface area contributed by atoms with E-state index in [-0.39, 0.29) is 35.5 Å². The van der Waals surface area contributed by atoms with Crippen LogP contribution in [0.1, 0.15) is 80.1 Å². The molecule has 0 spiro atoms. The van der Waals surface area contributed by atoms with Crippen molar-refractivity contribution < 1.29 is 34.8 Å². The SMILES string of the molecule is CC(C)[C@H]1CC[C@H](C)C[C@@]1(O[C@@]1(C(=O)C(O)CO)C[C@@H](C)CC[C@@H]1C(C)C)C(=O)C(O)CO. The number of aliphatic hydroxyl groups is 4. The first-order valence-corrected chi connectivity index (χ1v) is 12.7. The molecule has 0 aromatic heterocycles. The first-order valence-electron chi connectivity index (χ1n) is 12.7. The Balaban J connectivity index is 2.76. The highest BCUT2D eigenvalue weighted by Gasteiger charge is 2.61. The summed E-state index contributed by atoms with van der Waals surface area (Å²) in [7, 11) is 0. The van der Waals surface area contributed by atoms with Gasteiger partial charge < -0.3 is 25.2 Å². The Bertz CT molecular complexity index is 622. The van der Waals surface area contributed by atoms with Crippen molar-refractivity contribution in [2.24, 2.45) is 35.5 Å². The number of hydrogen-bond acceptors (Lipinski definition) is 7. The minimum Gasteiger partial charge on any atom is -0.393 e. The highest BCUT2D eigenvalue weighted by molar-refractivity contribution is 5.95. The standard InChI is InChI=1S/C26H46O7/c1-15(2)19-9-7-17(5)11-25(19,23(31)21(29)13-27)33-26(24(32)22(30)14-28)12-18(6)8-10-20(26)16(3)4/h15-22,27-30H,7-14H2,1-6H3/t17-,18-,19+,20+,21?,22?,25-,26-/m0/s1. The first-order chi connectivity index (χ1) is 15.4. The second-order valence-electron chi connectivity index (χ2n) is 11.5. The molecule has 0 aliphatic heterocycles. The van der Waals surface area contributed by atoms with E-state index in [9.17, 15) is 30.0 Å². The highest BCUT2D eigenvalue weighted by atomic mass is 16.5. The van der Waals surface area contributed by atoms with Crippen LogP contribution in [0.25, 0.3) is 0 Å². The van der Waals surface area contributed by atoms with Crippen LogP contribution in [-0.2, 0) is 14.3 Å². The van der Waals surface area contributed by atoms with E-state index in [2.05, 4.69) is 0 Å². The monoisotopic (exact) mass is 470 g/mol. The zero-order chi connectivity index (χ0) is 25.1. The molecule has 2 unspecified atom stereocenters. The molecule has 7 heteroatoms. The molecule has 2 aliphatic carbocycles. The van der Waals surface area contributed by atoms with Gasteiger partial charge in [0.05, 0.1) is 13.2 Å². The lowest BCUT2D eigenvalue weighted by molar-refractivity contribution is -0.242. The molecule has 192 valence electrons. The zero-order valence-electron chi connectivity index (χ0n) is 21.3. The summed E-state index contributed by atoms with van der Waals surface area (Å²) in [5, 5.41) is 40.3. The van der Waals surface area contributed by atoms with E-state index < -0.39 is 48.2 Å². The van der Waals surface area contributed by atoms with Gasteiger partial charge in [0.15, 0.2) is 11.6 Å². The Labute approximate surface area is 198 Å². The molecule has 0 saturated heterocycles. The molecule has 2 rings (SSSR count). The average molecular weight is 471 g/mol. The maximum Gasteiger partial charge on any atom is 0.195 e. The molecule has 33 heavy (non-hydrogen) atoms. The van der Waals surface area contributed by atoms with Gasteiger partial charge in [-0.1, -0.05) is 54.4 Å². The Hall–Kier alpha value is -0.860. The second-order valence-corrected chi connectivity index (χ2v) is 11.5. The molecular formula is C26H46O7. The third-order valence-corrected chi connectivity index (χ3v) is 8.20. The van der Waals surface area contributed by atoms with Crippen LogP contribution in [0, 0.1) is 35.5 Å². The van der Waals surface area contributed by atoms with Gasteiger partial charge in [-0.15, -0.1) is 0 Å². The van der Waals surface area contributed by atoms with Crippen molar-refractivity contribution in [1.82, 2.24) is 0 Å². The van der Waals surface area contributed by atoms with Crippen LogP contribution < -0.4 is 0 Å². The van der Waals surface area contributed by atoms with Crippen molar-refractivity contribution in [3.05, 3.63) is 0 Å². The Kier molecular flexibility index (Phi) is 9.68. The summed E-state index contributed by atoms with van der Waals surface area (Å²) >= 11 is 0. The normalized spacial score (nSPS) is 37.2. The second kappa shape index (κ2) is 11.3. The third kappa shape index (κ3) is 5.53. The maximum absolute atomic E-state index is 13.8. The molecule has 0 bridgehead atoms. The molecule has 2 fully saturated rings. The number of rotatable bonds is 10. The van der Waals surface area contributed by atoms with E-state index in [4.69, 9.17) is 4.74 Å². The lowest BCUT2D eigenvalue weighted by atomic mass is 9.61. The molecule has 0 heterocycles. The van der Waals surface area contributed by atoms with Crippen LogP contribution in [0.3, 0.4) is 0 Å². The van der Waals surface area contributed by atoms with Gasteiger partial charge in [0.2, 0.25) is 0 Å². The quantitative estimate of drug-likeness (QED) is 0.387. The summed E-state index contributed by atoms with van der Waals surface area (Å²) in [6.45, 7) is 10.7. The van der Waals surface area contributed by atoms with Gasteiger partial charge in [0, 0.05) is 0 Å². The number of ether oxygens (including phenoxy) is 1. The van der Waals surface area contributed by atoms with Crippen LogP contribution in [0.4, 0.5) is 0 Å². The summed E-state index contributed by atoms with van der Waals surface area (Å²) < 4.78 is 6.92. The number of carbonyl (C=O) groups excluding carboxylic acids is 2. The van der Waals surface area contributed by atoms with E-state index in [1.807, 2.05) is 41.5 Å². The summed E-state index contributed by atoms with van der Waals surface area (Å²) in [6.07, 6.45) is 0.690. The third-order valence-electron chi connectivity index (χ3n) is 8.20. The van der Waals surface area contributed by atoms with Crippen LogP contribution in [-0.4, -0.2) is 68.6 Å². The van der Waals surface area contributed by atoms with Crippen LogP contribution >= 0.6 is 0 Å². The molecular weight excluding hydrogens is 424 g/mol. The van der Waals surface area contributed by atoms with Crippen molar-refractivity contribution >= 4 is 11.6 Å². The fraction of sp³-hybridized carbons (Fsp3) is 0.923. The number of Topliss-reactive ketones (excluding diaryl/α,β-unsaturated/α-hetero) is 2.